The van der Waals surface area contributed by atoms with E-state index in [1.807, 2.05) is 31.2 Å². The molecule has 1 N–H and O–H groups in total. The molecule has 0 radical (unpaired) electrons. The summed E-state index contributed by atoms with van der Waals surface area (Å²) in [4.78, 5) is 6.75. The smallest absolute Gasteiger partial charge is 0.171 e. The van der Waals surface area contributed by atoms with Crippen LogP contribution in [0.2, 0.25) is 0 Å². The Balaban J connectivity index is 1.13. The number of hydrogen-bond donors (Lipinski definition) is 1. The van der Waals surface area contributed by atoms with Crippen LogP contribution in [0.4, 0.5) is 10.1 Å². The second-order valence-electron chi connectivity index (χ2n) is 7.97. The molecule has 2 aliphatic rings. The minimum atomic E-state index is -0.236. The number of rotatable bonds is 6. The summed E-state index contributed by atoms with van der Waals surface area (Å²) in [7, 11) is 0. The first-order valence-electron chi connectivity index (χ1n) is 10.8. The van der Waals surface area contributed by atoms with E-state index in [0.29, 0.717) is 19.8 Å². The van der Waals surface area contributed by atoms with Crippen molar-refractivity contribution in [2.45, 2.75) is 19.4 Å². The molecule has 5 rings (SSSR count). The van der Waals surface area contributed by atoms with Crippen LogP contribution in [0, 0.1) is 12.7 Å². The molecule has 1 atom stereocenters. The zero-order valence-corrected chi connectivity index (χ0v) is 17.6. The highest BCUT2D eigenvalue weighted by molar-refractivity contribution is 5.88. The van der Waals surface area contributed by atoms with Crippen molar-refractivity contribution >= 4 is 16.6 Å². The molecular weight excluding hydrogens is 397 g/mol. The van der Waals surface area contributed by atoms with Crippen LogP contribution < -0.4 is 24.4 Å². The molecule has 0 unspecified atom stereocenters. The van der Waals surface area contributed by atoms with E-state index >= 15 is 0 Å². The lowest BCUT2D eigenvalue weighted by Crippen LogP contribution is -2.40. The van der Waals surface area contributed by atoms with Crippen molar-refractivity contribution in [3.63, 3.8) is 0 Å². The molecule has 162 valence electrons. The molecule has 2 aromatic carbocycles. The Kier molecular flexibility index (Phi) is 5.51. The van der Waals surface area contributed by atoms with Gasteiger partial charge < -0.3 is 24.4 Å². The van der Waals surface area contributed by atoms with E-state index in [0.717, 1.165) is 65.6 Å². The summed E-state index contributed by atoms with van der Waals surface area (Å²) in [5, 5.41) is 4.44. The molecule has 1 aromatic heterocycles. The molecule has 0 fully saturated rings. The Morgan fingerprint density at radius 3 is 2.97 bits per heavy atom. The van der Waals surface area contributed by atoms with E-state index < -0.39 is 0 Å². The van der Waals surface area contributed by atoms with Gasteiger partial charge in [-0.05, 0) is 56.3 Å². The number of aromatic nitrogens is 1. The van der Waals surface area contributed by atoms with Gasteiger partial charge in [-0.15, -0.1) is 0 Å². The Hall–Kier alpha value is -3.06. The molecule has 0 saturated heterocycles. The molecule has 0 saturated carbocycles. The number of anilines is 1. The Labute approximate surface area is 180 Å². The standard InChI is InChI=1S/C24H26FN3O3/c1-16-3-5-19-20(27-16)6-8-23-24(19)31-18(15-30-23)14-26-9-2-10-28-11-12-29-22-7-4-17(25)13-21(22)28/h3-8,13,18,26H,2,9-12,14-15H2,1H3/t18-/m0/s1. The first-order chi connectivity index (χ1) is 15.2. The van der Waals surface area contributed by atoms with E-state index in [1.165, 1.54) is 6.07 Å². The Morgan fingerprint density at radius 2 is 2.03 bits per heavy atom. The number of pyridine rings is 1. The van der Waals surface area contributed by atoms with E-state index in [-0.39, 0.29) is 11.9 Å². The minimum Gasteiger partial charge on any atom is -0.490 e. The highest BCUT2D eigenvalue weighted by atomic mass is 19.1. The average Bonchev–Trinajstić information content (AvgIpc) is 2.78. The largest absolute Gasteiger partial charge is 0.490 e. The number of nitrogens with zero attached hydrogens (tertiary/aromatic N) is 2. The number of hydrogen-bond acceptors (Lipinski definition) is 6. The van der Waals surface area contributed by atoms with Crippen LogP contribution in [0.1, 0.15) is 12.1 Å². The molecule has 0 aliphatic carbocycles. The first-order valence-corrected chi connectivity index (χ1v) is 10.8. The van der Waals surface area contributed by atoms with Gasteiger partial charge in [-0.2, -0.15) is 0 Å². The van der Waals surface area contributed by atoms with Crippen molar-refractivity contribution in [1.29, 1.82) is 0 Å². The van der Waals surface area contributed by atoms with Crippen molar-refractivity contribution in [2.75, 3.05) is 44.3 Å². The summed E-state index contributed by atoms with van der Waals surface area (Å²) in [6.07, 6.45) is 0.879. The van der Waals surface area contributed by atoms with E-state index in [2.05, 4.69) is 15.2 Å². The summed E-state index contributed by atoms with van der Waals surface area (Å²) in [6, 6.07) is 12.6. The lowest BCUT2D eigenvalue weighted by atomic mass is 10.1. The SMILES string of the molecule is Cc1ccc2c3c(ccc2n1)OC[C@H](CNCCCN1CCOc2ccc(F)cc21)O3. The number of fused-ring (bicyclic) bond motifs is 4. The molecule has 3 aromatic rings. The van der Waals surface area contributed by atoms with E-state index in [1.54, 1.807) is 12.1 Å². The average molecular weight is 423 g/mol. The lowest BCUT2D eigenvalue weighted by molar-refractivity contribution is 0.0925. The van der Waals surface area contributed by atoms with Crippen molar-refractivity contribution in [1.82, 2.24) is 10.3 Å². The van der Waals surface area contributed by atoms with Crippen molar-refractivity contribution in [3.8, 4) is 17.2 Å². The van der Waals surface area contributed by atoms with Gasteiger partial charge in [-0.3, -0.25) is 4.98 Å². The number of nitrogens with one attached hydrogen (secondary N) is 1. The van der Waals surface area contributed by atoms with Crippen molar-refractivity contribution < 1.29 is 18.6 Å². The lowest BCUT2D eigenvalue weighted by Gasteiger charge is -2.31. The molecule has 2 aliphatic heterocycles. The van der Waals surface area contributed by atoms with Crippen LogP contribution in [-0.4, -0.2) is 50.5 Å². The van der Waals surface area contributed by atoms with Crippen LogP contribution in [0.25, 0.3) is 10.9 Å². The first kappa shape index (κ1) is 19.9. The monoisotopic (exact) mass is 423 g/mol. The number of ether oxygens (including phenoxy) is 3. The maximum absolute atomic E-state index is 13.6. The van der Waals surface area contributed by atoms with Gasteiger partial charge in [0, 0.05) is 30.2 Å². The highest BCUT2D eigenvalue weighted by Gasteiger charge is 2.23. The third-order valence-corrected chi connectivity index (χ3v) is 5.67. The van der Waals surface area contributed by atoms with Crippen molar-refractivity contribution in [3.05, 3.63) is 54.0 Å². The zero-order chi connectivity index (χ0) is 21.2. The van der Waals surface area contributed by atoms with Gasteiger partial charge in [0.25, 0.3) is 0 Å². The predicted molar refractivity (Wildman–Crippen MR) is 118 cm³/mol. The van der Waals surface area contributed by atoms with Crippen LogP contribution in [0.5, 0.6) is 17.2 Å². The molecule has 6 nitrogen and oxygen atoms in total. The van der Waals surface area contributed by atoms with Crippen LogP contribution in [0.15, 0.2) is 42.5 Å². The summed E-state index contributed by atoms with van der Waals surface area (Å²) in [5.41, 5.74) is 2.73. The second-order valence-corrected chi connectivity index (χ2v) is 7.97. The predicted octanol–water partition coefficient (Wildman–Crippen LogP) is 3.70. The van der Waals surface area contributed by atoms with Gasteiger partial charge in [0.2, 0.25) is 0 Å². The zero-order valence-electron chi connectivity index (χ0n) is 17.6. The molecule has 0 bridgehead atoms. The summed E-state index contributed by atoms with van der Waals surface area (Å²) in [6.45, 7) is 6.27. The normalized spacial score (nSPS) is 17.4. The fraction of sp³-hybridized carbons (Fsp3) is 0.375. The quantitative estimate of drug-likeness (QED) is 0.610. The summed E-state index contributed by atoms with van der Waals surface area (Å²) < 4.78 is 31.4. The molecular formula is C24H26FN3O3. The van der Waals surface area contributed by atoms with Crippen LogP contribution in [0.3, 0.4) is 0 Å². The molecule has 0 spiro atoms. The fourth-order valence-corrected chi connectivity index (χ4v) is 4.11. The van der Waals surface area contributed by atoms with E-state index in [9.17, 15) is 4.39 Å². The van der Waals surface area contributed by atoms with E-state index in [4.69, 9.17) is 14.2 Å². The van der Waals surface area contributed by atoms with Gasteiger partial charge in [-0.1, -0.05) is 0 Å². The third kappa shape index (κ3) is 4.23. The number of aryl methyl sites for hydroxylation is 1. The minimum absolute atomic E-state index is 0.0578. The van der Waals surface area contributed by atoms with Crippen LogP contribution >= 0.6 is 0 Å². The van der Waals surface area contributed by atoms with Gasteiger partial charge >= 0.3 is 0 Å². The fourth-order valence-electron chi connectivity index (χ4n) is 4.11. The van der Waals surface area contributed by atoms with Gasteiger partial charge in [0.1, 0.15) is 30.9 Å². The summed E-state index contributed by atoms with van der Waals surface area (Å²) in [5.74, 6) is 2.06. The molecule has 7 heteroatoms. The van der Waals surface area contributed by atoms with Gasteiger partial charge in [0.15, 0.2) is 11.5 Å². The Bertz CT molecular complexity index is 1090. The van der Waals surface area contributed by atoms with Crippen molar-refractivity contribution in [2.24, 2.45) is 0 Å². The maximum Gasteiger partial charge on any atom is 0.171 e. The number of benzene rings is 2. The second kappa shape index (κ2) is 8.59. The molecule has 3 heterocycles. The van der Waals surface area contributed by atoms with Crippen LogP contribution in [-0.2, 0) is 0 Å². The maximum atomic E-state index is 13.6. The Morgan fingerprint density at radius 1 is 1.13 bits per heavy atom. The summed E-state index contributed by atoms with van der Waals surface area (Å²) >= 11 is 0. The molecule has 0 amide bonds. The third-order valence-electron chi connectivity index (χ3n) is 5.67. The highest BCUT2D eigenvalue weighted by Crippen LogP contribution is 2.38. The number of halogens is 1. The van der Waals surface area contributed by atoms with Gasteiger partial charge in [-0.25, -0.2) is 4.39 Å². The van der Waals surface area contributed by atoms with Gasteiger partial charge in [0.05, 0.1) is 17.7 Å². The molecule has 31 heavy (non-hydrogen) atoms. The topological polar surface area (TPSA) is 55.9 Å².